The molecule has 0 radical (unpaired) electrons. The Hall–Kier alpha value is -1.99. The minimum Gasteiger partial charge on any atom is -0.495 e. The molecule has 0 saturated carbocycles. The van der Waals surface area contributed by atoms with Gasteiger partial charge in [-0.25, -0.2) is 4.98 Å². The van der Waals surface area contributed by atoms with E-state index in [1.165, 1.54) is 18.4 Å². The summed E-state index contributed by atoms with van der Waals surface area (Å²) in [6, 6.07) is 4.97. The maximum Gasteiger partial charge on any atom is 0.269 e. The van der Waals surface area contributed by atoms with E-state index in [0.717, 1.165) is 0 Å². The van der Waals surface area contributed by atoms with Gasteiger partial charge in [0.1, 0.15) is 16.4 Å². The fourth-order valence-electron chi connectivity index (χ4n) is 1.68. The fraction of sp³-hybridized carbons (Fsp3) is 0.231. The molecule has 2 aromatic rings. The molecule has 6 nitrogen and oxygen atoms in total. The third-order valence-corrected chi connectivity index (χ3v) is 3.86. The van der Waals surface area contributed by atoms with Crippen LogP contribution in [0.4, 0.5) is 16.6 Å². The lowest BCUT2D eigenvalue weighted by Gasteiger charge is -2.09. The van der Waals surface area contributed by atoms with Crippen molar-refractivity contribution in [2.24, 2.45) is 0 Å². The Morgan fingerprint density at radius 1 is 1.52 bits per heavy atom. The summed E-state index contributed by atoms with van der Waals surface area (Å²) < 4.78 is 5.18. The second kappa shape index (κ2) is 6.64. The summed E-state index contributed by atoms with van der Waals surface area (Å²) in [5.41, 5.74) is 6.25. The van der Waals surface area contributed by atoms with Gasteiger partial charge in [-0.2, -0.15) is 0 Å². The van der Waals surface area contributed by atoms with Crippen molar-refractivity contribution >= 4 is 45.5 Å². The molecule has 0 aliphatic carbocycles. The van der Waals surface area contributed by atoms with Crippen LogP contribution in [0.3, 0.4) is 0 Å². The minimum absolute atomic E-state index is 0.189. The molecule has 1 aromatic carbocycles. The number of rotatable bonds is 5. The predicted octanol–water partition coefficient (Wildman–Crippen LogP) is 3.07. The van der Waals surface area contributed by atoms with Crippen LogP contribution in [0.1, 0.15) is 16.6 Å². The Morgan fingerprint density at radius 2 is 2.29 bits per heavy atom. The van der Waals surface area contributed by atoms with E-state index in [-0.39, 0.29) is 11.7 Å². The number of ether oxygens (including phenoxy) is 1. The first-order valence-corrected chi connectivity index (χ1v) is 7.39. The number of nitrogens with one attached hydrogen (secondary N) is 2. The monoisotopic (exact) mass is 326 g/mol. The van der Waals surface area contributed by atoms with Gasteiger partial charge in [-0.1, -0.05) is 22.9 Å². The molecule has 1 heterocycles. The van der Waals surface area contributed by atoms with Crippen LogP contribution in [-0.4, -0.2) is 24.5 Å². The molecular formula is C13H15ClN4O2S. The van der Waals surface area contributed by atoms with Crippen LogP contribution < -0.4 is 21.1 Å². The van der Waals surface area contributed by atoms with E-state index in [0.29, 0.717) is 33.0 Å². The van der Waals surface area contributed by atoms with Crippen LogP contribution in [0, 0.1) is 0 Å². The number of nitrogens with zero attached hydrogens (tertiary/aromatic N) is 1. The standard InChI is InChI=1S/C13H15ClN4O2S/c1-3-16-13-18-11(15)10(21-13)12(19)17-8-6-7(14)4-5-9(8)20-2/h4-6H,3,15H2,1-2H3,(H,16,18)(H,17,19). The Labute approximate surface area is 131 Å². The van der Waals surface area contributed by atoms with E-state index in [4.69, 9.17) is 22.1 Å². The molecule has 21 heavy (non-hydrogen) atoms. The summed E-state index contributed by atoms with van der Waals surface area (Å²) in [5.74, 6) is 0.354. The molecule has 2 rings (SSSR count). The molecule has 1 amide bonds. The van der Waals surface area contributed by atoms with Crippen LogP contribution in [0.15, 0.2) is 18.2 Å². The Morgan fingerprint density at radius 3 is 2.95 bits per heavy atom. The second-order valence-corrected chi connectivity index (χ2v) is 5.50. The van der Waals surface area contributed by atoms with Crippen LogP contribution in [-0.2, 0) is 0 Å². The number of halogens is 1. The van der Waals surface area contributed by atoms with Crippen molar-refractivity contribution in [1.82, 2.24) is 4.98 Å². The highest BCUT2D eigenvalue weighted by Gasteiger charge is 2.17. The summed E-state index contributed by atoms with van der Waals surface area (Å²) in [6.07, 6.45) is 0. The van der Waals surface area contributed by atoms with Gasteiger partial charge in [-0.3, -0.25) is 4.79 Å². The van der Waals surface area contributed by atoms with Gasteiger partial charge in [0.2, 0.25) is 0 Å². The quantitative estimate of drug-likeness (QED) is 0.785. The van der Waals surface area contributed by atoms with E-state index in [1.807, 2.05) is 6.92 Å². The maximum absolute atomic E-state index is 12.3. The number of hydrogen-bond acceptors (Lipinski definition) is 6. The number of carbonyl (C=O) groups excluding carboxylic acids is 1. The molecule has 0 atom stereocenters. The first kappa shape index (κ1) is 15.4. The average molecular weight is 327 g/mol. The fourth-order valence-corrected chi connectivity index (χ4v) is 2.70. The van der Waals surface area contributed by atoms with E-state index in [1.54, 1.807) is 18.2 Å². The molecule has 0 aliphatic heterocycles. The molecule has 8 heteroatoms. The summed E-state index contributed by atoms with van der Waals surface area (Å²) >= 11 is 7.12. The van der Waals surface area contributed by atoms with E-state index in [2.05, 4.69) is 15.6 Å². The Balaban J connectivity index is 2.23. The van der Waals surface area contributed by atoms with Crippen LogP contribution in [0.2, 0.25) is 5.02 Å². The number of anilines is 3. The SMILES string of the molecule is CCNc1nc(N)c(C(=O)Nc2cc(Cl)ccc2OC)s1. The lowest BCUT2D eigenvalue weighted by atomic mass is 10.3. The summed E-state index contributed by atoms with van der Waals surface area (Å²) in [5, 5.41) is 6.86. The molecule has 0 fully saturated rings. The minimum atomic E-state index is -0.352. The van der Waals surface area contributed by atoms with Gasteiger partial charge in [0, 0.05) is 11.6 Å². The summed E-state index contributed by atoms with van der Waals surface area (Å²) in [6.45, 7) is 2.64. The van der Waals surface area contributed by atoms with Crippen molar-refractivity contribution in [2.45, 2.75) is 6.92 Å². The zero-order valence-corrected chi connectivity index (χ0v) is 13.1. The molecule has 0 aliphatic rings. The normalized spacial score (nSPS) is 10.2. The molecule has 1 aromatic heterocycles. The zero-order chi connectivity index (χ0) is 15.4. The molecule has 0 unspecified atom stereocenters. The van der Waals surface area contributed by atoms with Gasteiger partial charge < -0.3 is 21.1 Å². The van der Waals surface area contributed by atoms with Crippen molar-refractivity contribution < 1.29 is 9.53 Å². The number of hydrogen-bond donors (Lipinski definition) is 3. The van der Waals surface area contributed by atoms with Gasteiger partial charge in [0.05, 0.1) is 12.8 Å². The lowest BCUT2D eigenvalue weighted by Crippen LogP contribution is -2.13. The van der Waals surface area contributed by atoms with E-state index in [9.17, 15) is 4.79 Å². The lowest BCUT2D eigenvalue weighted by molar-refractivity contribution is 0.103. The van der Waals surface area contributed by atoms with E-state index < -0.39 is 0 Å². The third-order valence-electron chi connectivity index (χ3n) is 2.60. The molecule has 112 valence electrons. The second-order valence-electron chi connectivity index (χ2n) is 4.06. The summed E-state index contributed by atoms with van der Waals surface area (Å²) in [4.78, 5) is 16.7. The average Bonchev–Trinajstić information content (AvgIpc) is 2.80. The van der Waals surface area contributed by atoms with Gasteiger partial charge in [0.15, 0.2) is 5.13 Å². The van der Waals surface area contributed by atoms with Crippen LogP contribution in [0.5, 0.6) is 5.75 Å². The summed E-state index contributed by atoms with van der Waals surface area (Å²) in [7, 11) is 1.52. The number of nitrogen functional groups attached to an aromatic ring is 1. The Bertz CT molecular complexity index is 660. The molecule has 4 N–H and O–H groups in total. The number of aromatic nitrogens is 1. The number of nitrogens with two attached hydrogens (primary N) is 1. The number of carbonyl (C=O) groups is 1. The first-order valence-electron chi connectivity index (χ1n) is 6.20. The van der Waals surface area contributed by atoms with Crippen molar-refractivity contribution in [1.29, 1.82) is 0 Å². The van der Waals surface area contributed by atoms with Gasteiger partial charge >= 0.3 is 0 Å². The number of methoxy groups -OCH3 is 1. The first-order chi connectivity index (χ1) is 10.0. The van der Waals surface area contributed by atoms with Crippen LogP contribution in [0.25, 0.3) is 0 Å². The molecule has 0 spiro atoms. The predicted molar refractivity (Wildman–Crippen MR) is 86.6 cm³/mol. The smallest absolute Gasteiger partial charge is 0.269 e. The van der Waals surface area contributed by atoms with E-state index >= 15 is 0 Å². The molecule has 0 saturated heterocycles. The van der Waals surface area contributed by atoms with Gasteiger partial charge in [0.25, 0.3) is 5.91 Å². The topological polar surface area (TPSA) is 89.3 Å². The highest BCUT2D eigenvalue weighted by molar-refractivity contribution is 7.18. The molecule has 0 bridgehead atoms. The Kier molecular flexibility index (Phi) is 4.87. The molecular weight excluding hydrogens is 312 g/mol. The van der Waals surface area contributed by atoms with Crippen LogP contribution >= 0.6 is 22.9 Å². The number of amides is 1. The van der Waals surface area contributed by atoms with Crippen molar-refractivity contribution in [2.75, 3.05) is 30.0 Å². The number of thiazole rings is 1. The highest BCUT2D eigenvalue weighted by Crippen LogP contribution is 2.30. The van der Waals surface area contributed by atoms with Crippen molar-refractivity contribution in [3.05, 3.63) is 28.1 Å². The maximum atomic E-state index is 12.3. The highest BCUT2D eigenvalue weighted by atomic mass is 35.5. The van der Waals surface area contributed by atoms with Gasteiger partial charge in [-0.15, -0.1) is 0 Å². The largest absolute Gasteiger partial charge is 0.495 e. The third kappa shape index (κ3) is 3.56. The zero-order valence-electron chi connectivity index (χ0n) is 11.6. The van der Waals surface area contributed by atoms with Gasteiger partial charge in [-0.05, 0) is 25.1 Å². The number of benzene rings is 1. The van der Waals surface area contributed by atoms with Crippen molar-refractivity contribution in [3.63, 3.8) is 0 Å². The van der Waals surface area contributed by atoms with Crippen molar-refractivity contribution in [3.8, 4) is 5.75 Å².